The van der Waals surface area contributed by atoms with Crippen molar-refractivity contribution in [1.82, 2.24) is 9.80 Å². The van der Waals surface area contributed by atoms with Crippen molar-refractivity contribution >= 4 is 17.7 Å². The van der Waals surface area contributed by atoms with Gasteiger partial charge in [-0.05, 0) is 53.1 Å². The van der Waals surface area contributed by atoms with E-state index >= 15 is 0 Å². The van der Waals surface area contributed by atoms with Crippen molar-refractivity contribution in [3.8, 4) is 5.75 Å². The number of likely N-dealkylation sites (N-methyl/N-ethyl adjacent to an activating group) is 2. The van der Waals surface area contributed by atoms with Gasteiger partial charge in [0.05, 0.1) is 6.04 Å². The fourth-order valence-corrected chi connectivity index (χ4v) is 4.48. The summed E-state index contributed by atoms with van der Waals surface area (Å²) in [5, 5.41) is 10.3. The van der Waals surface area contributed by atoms with E-state index < -0.39 is 35.8 Å². The van der Waals surface area contributed by atoms with Gasteiger partial charge in [-0.1, -0.05) is 58.4 Å². The number of carbonyl (C=O) groups excluding carboxylic acids is 3. The van der Waals surface area contributed by atoms with Gasteiger partial charge in [0.15, 0.2) is 0 Å². The van der Waals surface area contributed by atoms with E-state index in [9.17, 15) is 23.9 Å². The van der Waals surface area contributed by atoms with Gasteiger partial charge in [-0.3, -0.25) is 14.4 Å². The van der Waals surface area contributed by atoms with E-state index in [-0.39, 0.29) is 29.8 Å². The van der Waals surface area contributed by atoms with Gasteiger partial charge >= 0.3 is 0 Å². The molecular formula is C29H41FN4O4. The molecule has 0 saturated carbocycles. The third-order valence-corrected chi connectivity index (χ3v) is 6.79. The third-order valence-electron chi connectivity index (χ3n) is 6.79. The minimum absolute atomic E-state index is 0.154. The number of carbonyl (C=O) groups is 3. The summed E-state index contributed by atoms with van der Waals surface area (Å²) in [4.78, 5) is 41.9. The second-order valence-electron chi connectivity index (χ2n) is 10.9. The Kier molecular flexibility index (Phi) is 10.4. The van der Waals surface area contributed by atoms with Crippen LogP contribution in [0.3, 0.4) is 0 Å². The Labute approximate surface area is 224 Å². The van der Waals surface area contributed by atoms with Crippen LogP contribution in [0.2, 0.25) is 0 Å². The van der Waals surface area contributed by atoms with Crippen LogP contribution >= 0.6 is 0 Å². The van der Waals surface area contributed by atoms with Crippen LogP contribution in [0.15, 0.2) is 42.5 Å². The molecular weight excluding hydrogens is 487 g/mol. The number of aromatic hydroxyl groups is 1. The van der Waals surface area contributed by atoms with Gasteiger partial charge in [-0.25, -0.2) is 4.39 Å². The second-order valence-corrected chi connectivity index (χ2v) is 10.9. The topological polar surface area (TPSA) is 130 Å². The van der Waals surface area contributed by atoms with E-state index in [0.717, 1.165) is 11.1 Å². The summed E-state index contributed by atoms with van der Waals surface area (Å²) in [6.07, 6.45) is 1.32. The third kappa shape index (κ3) is 7.77. The highest BCUT2D eigenvalue weighted by Crippen LogP contribution is 2.31. The van der Waals surface area contributed by atoms with Gasteiger partial charge in [-0.15, -0.1) is 0 Å². The molecule has 208 valence electrons. The molecule has 5 N–H and O–H groups in total. The first kappa shape index (κ1) is 30.8. The molecule has 0 aliphatic rings. The molecule has 0 fully saturated rings. The fraction of sp³-hybridized carbons (Fsp3) is 0.483. The summed E-state index contributed by atoms with van der Waals surface area (Å²) >= 11 is 0. The highest BCUT2D eigenvalue weighted by Gasteiger charge is 2.35. The molecule has 2 aromatic rings. The van der Waals surface area contributed by atoms with Gasteiger partial charge in [0, 0.05) is 20.5 Å². The van der Waals surface area contributed by atoms with Crippen molar-refractivity contribution in [3.05, 3.63) is 65.0 Å². The van der Waals surface area contributed by atoms with Crippen LogP contribution in [-0.4, -0.2) is 64.8 Å². The summed E-state index contributed by atoms with van der Waals surface area (Å²) in [6, 6.07) is 8.10. The van der Waals surface area contributed by atoms with Crippen molar-refractivity contribution in [2.75, 3.05) is 14.1 Å². The first-order valence-electron chi connectivity index (χ1n) is 12.8. The van der Waals surface area contributed by atoms with E-state index in [1.54, 1.807) is 24.3 Å². The number of hydrogen-bond donors (Lipinski definition) is 3. The number of hydrogen-bond acceptors (Lipinski definition) is 5. The number of nitrogens with zero attached hydrogens (tertiary/aromatic N) is 2. The van der Waals surface area contributed by atoms with E-state index in [1.165, 1.54) is 36.0 Å². The summed E-state index contributed by atoms with van der Waals surface area (Å²) in [5.41, 5.74) is 13.7. The number of rotatable bonds is 11. The number of benzene rings is 2. The predicted octanol–water partition coefficient (Wildman–Crippen LogP) is 2.88. The lowest BCUT2D eigenvalue weighted by atomic mass is 9.84. The standard InChI is InChI=1S/C29H41FN4O4/c1-7-8-23(33(5)27(37)22(31)16-18-9-12-20(30)13-10-18)28(38)34(6)24(26(32)36)17-19-11-14-25(35)21(15-19)29(2,3)4/h9-15,22-24,35H,7-8,16-17,31H2,1-6H3,(H2,32,36)/t22-,23+,24-/m0/s1. The molecule has 0 spiro atoms. The van der Waals surface area contributed by atoms with Crippen LogP contribution in [0.5, 0.6) is 5.75 Å². The van der Waals surface area contributed by atoms with Crippen molar-refractivity contribution < 1.29 is 23.9 Å². The molecule has 0 unspecified atom stereocenters. The summed E-state index contributed by atoms with van der Waals surface area (Å²) in [7, 11) is 3.02. The van der Waals surface area contributed by atoms with Gasteiger partial charge in [0.2, 0.25) is 17.7 Å². The Morgan fingerprint density at radius 3 is 2.00 bits per heavy atom. The van der Waals surface area contributed by atoms with Gasteiger partial charge in [0.1, 0.15) is 23.7 Å². The Morgan fingerprint density at radius 1 is 0.921 bits per heavy atom. The van der Waals surface area contributed by atoms with Crippen molar-refractivity contribution in [2.24, 2.45) is 11.5 Å². The van der Waals surface area contributed by atoms with Crippen LogP contribution in [-0.2, 0) is 32.6 Å². The van der Waals surface area contributed by atoms with Crippen LogP contribution < -0.4 is 11.5 Å². The molecule has 3 atom stereocenters. The normalized spacial score (nSPS) is 13.9. The van der Waals surface area contributed by atoms with Crippen LogP contribution in [0.1, 0.15) is 57.2 Å². The number of phenols is 1. The minimum atomic E-state index is -0.962. The number of primary amides is 1. The predicted molar refractivity (Wildman–Crippen MR) is 146 cm³/mol. The molecule has 0 heterocycles. The molecule has 0 bridgehead atoms. The second kappa shape index (κ2) is 12.9. The monoisotopic (exact) mass is 528 g/mol. The first-order chi connectivity index (χ1) is 17.7. The van der Waals surface area contributed by atoms with E-state index in [2.05, 4.69) is 0 Å². The maximum atomic E-state index is 13.6. The smallest absolute Gasteiger partial charge is 0.245 e. The van der Waals surface area contributed by atoms with Crippen LogP contribution in [0, 0.1) is 5.82 Å². The zero-order chi connectivity index (χ0) is 28.8. The van der Waals surface area contributed by atoms with Crippen molar-refractivity contribution in [2.45, 2.75) is 76.9 Å². The highest BCUT2D eigenvalue weighted by molar-refractivity contribution is 5.92. The number of nitrogens with two attached hydrogens (primary N) is 2. The molecule has 8 nitrogen and oxygen atoms in total. The Bertz CT molecular complexity index is 1130. The lowest BCUT2D eigenvalue weighted by Gasteiger charge is -2.35. The zero-order valence-electron chi connectivity index (χ0n) is 23.2. The van der Waals surface area contributed by atoms with Crippen molar-refractivity contribution in [3.63, 3.8) is 0 Å². The molecule has 0 saturated heterocycles. The molecule has 9 heteroatoms. The highest BCUT2D eigenvalue weighted by atomic mass is 19.1. The molecule has 2 rings (SSSR count). The Hall–Kier alpha value is -3.46. The SMILES string of the molecule is CCC[C@H](C(=O)N(C)[C@@H](Cc1ccc(O)c(C(C)(C)C)c1)C(N)=O)N(C)C(=O)[C@@H](N)Cc1ccc(F)cc1. The number of halogens is 1. The zero-order valence-corrected chi connectivity index (χ0v) is 23.2. The molecule has 0 radical (unpaired) electrons. The Morgan fingerprint density at radius 2 is 1.47 bits per heavy atom. The molecule has 38 heavy (non-hydrogen) atoms. The maximum Gasteiger partial charge on any atom is 0.245 e. The number of amides is 3. The van der Waals surface area contributed by atoms with E-state index in [1.807, 2.05) is 33.8 Å². The Balaban J connectivity index is 2.24. The molecule has 2 aromatic carbocycles. The van der Waals surface area contributed by atoms with E-state index in [4.69, 9.17) is 11.5 Å². The summed E-state index contributed by atoms with van der Waals surface area (Å²) in [5.74, 6) is -1.76. The average molecular weight is 529 g/mol. The molecule has 0 aliphatic carbocycles. The molecule has 0 aliphatic heterocycles. The fourth-order valence-electron chi connectivity index (χ4n) is 4.48. The number of phenolic OH excluding ortho intramolecular Hbond substituents is 1. The lowest BCUT2D eigenvalue weighted by Crippen LogP contribution is -2.56. The quantitative estimate of drug-likeness (QED) is 0.413. The lowest BCUT2D eigenvalue weighted by molar-refractivity contribution is -0.147. The largest absolute Gasteiger partial charge is 0.508 e. The van der Waals surface area contributed by atoms with Gasteiger partial charge < -0.3 is 26.4 Å². The summed E-state index contributed by atoms with van der Waals surface area (Å²) in [6.45, 7) is 7.80. The van der Waals surface area contributed by atoms with Crippen LogP contribution in [0.4, 0.5) is 4.39 Å². The first-order valence-corrected chi connectivity index (χ1v) is 12.8. The average Bonchev–Trinajstić information content (AvgIpc) is 2.85. The van der Waals surface area contributed by atoms with Crippen LogP contribution in [0.25, 0.3) is 0 Å². The molecule has 0 aromatic heterocycles. The summed E-state index contributed by atoms with van der Waals surface area (Å²) < 4.78 is 13.2. The van der Waals surface area contributed by atoms with E-state index in [0.29, 0.717) is 18.4 Å². The molecule has 3 amide bonds. The minimum Gasteiger partial charge on any atom is -0.508 e. The van der Waals surface area contributed by atoms with Crippen molar-refractivity contribution in [1.29, 1.82) is 0 Å². The van der Waals surface area contributed by atoms with Gasteiger partial charge in [0.25, 0.3) is 0 Å². The maximum absolute atomic E-state index is 13.6. The van der Waals surface area contributed by atoms with Gasteiger partial charge in [-0.2, -0.15) is 0 Å².